The molecule has 2 N–H and O–H groups in total. The highest BCUT2D eigenvalue weighted by Gasteiger charge is 2.19. The first-order valence-corrected chi connectivity index (χ1v) is 7.09. The van der Waals surface area contributed by atoms with Crippen molar-refractivity contribution >= 4 is 23.4 Å². The van der Waals surface area contributed by atoms with Crippen LogP contribution in [0, 0.1) is 0 Å². The summed E-state index contributed by atoms with van der Waals surface area (Å²) < 4.78 is 5.62. The lowest BCUT2D eigenvalue weighted by Crippen LogP contribution is -2.30. The van der Waals surface area contributed by atoms with Crippen molar-refractivity contribution in [2.45, 2.75) is 32.3 Å². The molecule has 0 aliphatic rings. The molecule has 0 spiro atoms. The third-order valence-electron chi connectivity index (χ3n) is 3.72. The van der Waals surface area contributed by atoms with Crippen molar-refractivity contribution in [3.05, 3.63) is 42.0 Å². The van der Waals surface area contributed by atoms with Gasteiger partial charge in [0.05, 0.1) is 6.10 Å². The highest BCUT2D eigenvalue weighted by molar-refractivity contribution is 6.62. The molecule has 0 bridgehead atoms. The predicted octanol–water partition coefficient (Wildman–Crippen LogP) is 2.40. The van der Waals surface area contributed by atoms with Crippen molar-refractivity contribution in [1.29, 1.82) is 0 Å². The van der Waals surface area contributed by atoms with Crippen LogP contribution in [0.25, 0.3) is 10.8 Å². The van der Waals surface area contributed by atoms with Gasteiger partial charge in [0.25, 0.3) is 0 Å². The van der Waals surface area contributed by atoms with E-state index in [9.17, 15) is 10.0 Å². The third kappa shape index (κ3) is 3.03. The molecular formula is C16H21BO3. The molecule has 4 heteroatoms. The van der Waals surface area contributed by atoms with Crippen LogP contribution in [0.15, 0.2) is 36.4 Å². The Labute approximate surface area is 120 Å². The van der Waals surface area contributed by atoms with E-state index in [-0.39, 0.29) is 6.10 Å². The normalized spacial score (nSPS) is 12.6. The highest BCUT2D eigenvalue weighted by Crippen LogP contribution is 2.29. The molecule has 2 aromatic rings. The molecule has 0 amide bonds. The Morgan fingerprint density at radius 1 is 1.10 bits per heavy atom. The van der Waals surface area contributed by atoms with Gasteiger partial charge in [-0.1, -0.05) is 56.2 Å². The number of benzene rings is 2. The molecule has 106 valence electrons. The Kier molecular flexibility index (Phi) is 5.18. The van der Waals surface area contributed by atoms with Crippen LogP contribution >= 0.6 is 0 Å². The van der Waals surface area contributed by atoms with Crippen molar-refractivity contribution < 1.29 is 14.8 Å². The van der Waals surface area contributed by atoms with Crippen LogP contribution in [0.1, 0.15) is 37.9 Å². The van der Waals surface area contributed by atoms with Crippen molar-refractivity contribution in [3.8, 4) is 0 Å². The lowest BCUT2D eigenvalue weighted by atomic mass is 9.76. The number of hydrogen-bond acceptors (Lipinski definition) is 3. The lowest BCUT2D eigenvalue weighted by molar-refractivity contribution is 0.0948. The number of fused-ring (bicyclic) bond motifs is 1. The maximum atomic E-state index is 9.47. The molecule has 20 heavy (non-hydrogen) atoms. The second-order valence-corrected chi connectivity index (χ2v) is 5.03. The van der Waals surface area contributed by atoms with Gasteiger partial charge in [-0.15, -0.1) is 0 Å². The SMILES string of the molecule is CCCCC(OC)c1ccc(B(O)O)c2ccccc12. The maximum absolute atomic E-state index is 9.47. The molecule has 0 saturated carbocycles. The standard InChI is InChI=1S/C16H21BO3/c1-3-4-9-16(20-2)14-10-11-15(17(18)19)13-8-6-5-7-12(13)14/h5-8,10-11,16,18-19H,3-4,9H2,1-2H3. The summed E-state index contributed by atoms with van der Waals surface area (Å²) in [5, 5.41) is 20.9. The Hall–Kier alpha value is -1.36. The fourth-order valence-electron chi connectivity index (χ4n) is 2.64. The molecule has 0 aliphatic carbocycles. The summed E-state index contributed by atoms with van der Waals surface area (Å²) in [5.74, 6) is 0. The topological polar surface area (TPSA) is 49.7 Å². The van der Waals surface area contributed by atoms with Gasteiger partial charge in [-0.2, -0.15) is 0 Å². The number of rotatable bonds is 6. The average molecular weight is 272 g/mol. The molecule has 0 aromatic heterocycles. The van der Waals surface area contributed by atoms with E-state index in [0.29, 0.717) is 5.46 Å². The summed E-state index contributed by atoms with van der Waals surface area (Å²) in [6.07, 6.45) is 3.25. The first-order chi connectivity index (χ1) is 9.69. The Bertz CT molecular complexity index is 569. The summed E-state index contributed by atoms with van der Waals surface area (Å²) in [6.45, 7) is 2.16. The van der Waals surface area contributed by atoms with Crippen molar-refractivity contribution in [3.63, 3.8) is 0 Å². The Balaban J connectivity index is 2.51. The fourth-order valence-corrected chi connectivity index (χ4v) is 2.64. The minimum Gasteiger partial charge on any atom is -0.423 e. The molecule has 2 rings (SSSR count). The van der Waals surface area contributed by atoms with Gasteiger partial charge >= 0.3 is 7.12 Å². The fraction of sp³-hybridized carbons (Fsp3) is 0.375. The van der Waals surface area contributed by atoms with Crippen molar-refractivity contribution in [2.75, 3.05) is 7.11 Å². The third-order valence-corrected chi connectivity index (χ3v) is 3.72. The molecule has 0 aliphatic heterocycles. The van der Waals surface area contributed by atoms with Gasteiger partial charge in [-0.05, 0) is 28.2 Å². The molecule has 0 radical (unpaired) electrons. The molecule has 1 unspecified atom stereocenters. The van der Waals surface area contributed by atoms with E-state index in [0.717, 1.165) is 35.6 Å². The van der Waals surface area contributed by atoms with Crippen LogP contribution in [0.5, 0.6) is 0 Å². The summed E-state index contributed by atoms with van der Waals surface area (Å²) in [4.78, 5) is 0. The number of hydrogen-bond donors (Lipinski definition) is 2. The molecule has 0 saturated heterocycles. The van der Waals surface area contributed by atoms with E-state index >= 15 is 0 Å². The molecule has 0 heterocycles. The summed E-state index contributed by atoms with van der Waals surface area (Å²) in [5.41, 5.74) is 1.65. The monoisotopic (exact) mass is 272 g/mol. The average Bonchev–Trinajstić information content (AvgIpc) is 2.47. The number of unbranched alkanes of at least 4 members (excludes halogenated alkanes) is 1. The lowest BCUT2D eigenvalue weighted by Gasteiger charge is -2.19. The summed E-state index contributed by atoms with van der Waals surface area (Å²) in [6, 6.07) is 11.5. The van der Waals surface area contributed by atoms with Crippen LogP contribution in [0.3, 0.4) is 0 Å². The second-order valence-electron chi connectivity index (χ2n) is 5.03. The Morgan fingerprint density at radius 3 is 2.40 bits per heavy atom. The van der Waals surface area contributed by atoms with Gasteiger partial charge in [0.1, 0.15) is 0 Å². The van der Waals surface area contributed by atoms with Crippen LogP contribution in [0.4, 0.5) is 0 Å². The van der Waals surface area contributed by atoms with E-state index in [1.54, 1.807) is 13.2 Å². The zero-order valence-electron chi connectivity index (χ0n) is 12.0. The van der Waals surface area contributed by atoms with Crippen LogP contribution in [0.2, 0.25) is 0 Å². The van der Waals surface area contributed by atoms with Gasteiger partial charge in [-0.3, -0.25) is 0 Å². The molecule has 3 nitrogen and oxygen atoms in total. The van der Waals surface area contributed by atoms with E-state index in [1.165, 1.54) is 0 Å². The Morgan fingerprint density at radius 2 is 1.80 bits per heavy atom. The molecule has 2 aromatic carbocycles. The minimum absolute atomic E-state index is 0.0461. The first kappa shape index (κ1) is 15.0. The quantitative estimate of drug-likeness (QED) is 0.794. The van der Waals surface area contributed by atoms with Gasteiger partial charge in [0, 0.05) is 7.11 Å². The minimum atomic E-state index is -1.45. The molecule has 0 fully saturated rings. The van der Waals surface area contributed by atoms with Gasteiger partial charge in [-0.25, -0.2) is 0 Å². The van der Waals surface area contributed by atoms with Crippen molar-refractivity contribution in [1.82, 2.24) is 0 Å². The van der Waals surface area contributed by atoms with E-state index in [4.69, 9.17) is 4.74 Å². The highest BCUT2D eigenvalue weighted by atomic mass is 16.5. The van der Waals surface area contributed by atoms with Crippen LogP contribution in [-0.4, -0.2) is 24.3 Å². The molecular weight excluding hydrogens is 251 g/mol. The van der Waals surface area contributed by atoms with Gasteiger partial charge in [0.2, 0.25) is 0 Å². The number of methoxy groups -OCH3 is 1. The van der Waals surface area contributed by atoms with Gasteiger partial charge < -0.3 is 14.8 Å². The van der Waals surface area contributed by atoms with Crippen LogP contribution < -0.4 is 5.46 Å². The maximum Gasteiger partial charge on any atom is 0.489 e. The van der Waals surface area contributed by atoms with Crippen molar-refractivity contribution in [2.24, 2.45) is 0 Å². The van der Waals surface area contributed by atoms with Gasteiger partial charge in [0.15, 0.2) is 0 Å². The zero-order chi connectivity index (χ0) is 14.5. The largest absolute Gasteiger partial charge is 0.489 e. The van der Waals surface area contributed by atoms with E-state index in [2.05, 4.69) is 6.92 Å². The van der Waals surface area contributed by atoms with E-state index < -0.39 is 7.12 Å². The predicted molar refractivity (Wildman–Crippen MR) is 83.0 cm³/mol. The smallest absolute Gasteiger partial charge is 0.423 e. The van der Waals surface area contributed by atoms with E-state index in [1.807, 2.05) is 30.3 Å². The first-order valence-electron chi connectivity index (χ1n) is 7.09. The molecule has 1 atom stereocenters. The zero-order valence-corrected chi connectivity index (χ0v) is 12.0. The second kappa shape index (κ2) is 6.89. The summed E-state index contributed by atoms with van der Waals surface area (Å²) >= 11 is 0. The summed E-state index contributed by atoms with van der Waals surface area (Å²) in [7, 11) is 0.273. The van der Waals surface area contributed by atoms with Crippen LogP contribution in [-0.2, 0) is 4.74 Å². The number of ether oxygens (including phenoxy) is 1.